The Labute approximate surface area is 78.0 Å². The largest absolute Gasteiger partial charge is 0.382 e. The molecule has 1 heterocycles. The number of rotatable bonds is 0. The summed E-state index contributed by atoms with van der Waals surface area (Å²) < 4.78 is 13.1. The summed E-state index contributed by atoms with van der Waals surface area (Å²) in [7, 11) is 0. The lowest BCUT2D eigenvalue weighted by Crippen LogP contribution is -2.01. The van der Waals surface area contributed by atoms with Crippen LogP contribution in [0.5, 0.6) is 0 Å². The van der Waals surface area contributed by atoms with Crippen LogP contribution in [0, 0.1) is 28.5 Å². The Balaban J connectivity index is 3.63. The Morgan fingerprint density at radius 2 is 1.85 bits per heavy atom. The van der Waals surface area contributed by atoms with Crippen LogP contribution < -0.4 is 5.73 Å². The molecule has 0 radical (unpaired) electrons. The van der Waals surface area contributed by atoms with Gasteiger partial charge in [-0.3, -0.25) is 0 Å². The molecule has 6 heteroatoms. The van der Waals surface area contributed by atoms with Crippen LogP contribution in [0.1, 0.15) is 11.1 Å². The van der Waals surface area contributed by atoms with Gasteiger partial charge in [0.15, 0.2) is 11.0 Å². The van der Waals surface area contributed by atoms with Gasteiger partial charge in [0.05, 0.1) is 0 Å². The maximum atomic E-state index is 13.1. The van der Waals surface area contributed by atoms with Crippen molar-refractivity contribution in [2.24, 2.45) is 0 Å². The SMILES string of the molecule is N#Cc1c(N)nc(Cl)c(C#N)c1F. The Kier molecular flexibility index (Phi) is 2.32. The van der Waals surface area contributed by atoms with Gasteiger partial charge in [-0.2, -0.15) is 10.5 Å². The summed E-state index contributed by atoms with van der Waals surface area (Å²) >= 11 is 5.40. The van der Waals surface area contributed by atoms with E-state index in [9.17, 15) is 4.39 Å². The number of anilines is 1. The summed E-state index contributed by atoms with van der Waals surface area (Å²) in [5.41, 5.74) is 4.27. The Morgan fingerprint density at radius 1 is 1.31 bits per heavy atom. The first kappa shape index (κ1) is 9.24. The van der Waals surface area contributed by atoms with Gasteiger partial charge in [-0.05, 0) is 0 Å². The first-order valence-electron chi connectivity index (χ1n) is 3.06. The molecule has 13 heavy (non-hydrogen) atoms. The highest BCUT2D eigenvalue weighted by Gasteiger charge is 2.16. The van der Waals surface area contributed by atoms with Crippen molar-refractivity contribution in [1.29, 1.82) is 10.5 Å². The van der Waals surface area contributed by atoms with Gasteiger partial charge in [0.2, 0.25) is 0 Å². The van der Waals surface area contributed by atoms with Crippen molar-refractivity contribution in [2.75, 3.05) is 5.73 Å². The van der Waals surface area contributed by atoms with E-state index in [0.29, 0.717) is 0 Å². The number of halogens is 2. The zero-order valence-electron chi connectivity index (χ0n) is 6.17. The van der Waals surface area contributed by atoms with Crippen molar-refractivity contribution in [3.63, 3.8) is 0 Å². The Hall–Kier alpha value is -1.85. The maximum Gasteiger partial charge on any atom is 0.165 e. The quantitative estimate of drug-likeness (QED) is 0.632. The number of hydrogen-bond acceptors (Lipinski definition) is 4. The minimum absolute atomic E-state index is 0.316. The van der Waals surface area contributed by atoms with Crippen molar-refractivity contribution < 1.29 is 4.39 Å². The predicted octanol–water partition coefficient (Wildman–Crippen LogP) is 1.20. The first-order valence-corrected chi connectivity index (χ1v) is 3.44. The molecular formula is C7H2ClFN4. The Bertz CT molecular complexity index is 405. The van der Waals surface area contributed by atoms with E-state index in [1.807, 2.05) is 0 Å². The predicted molar refractivity (Wildman–Crippen MR) is 43.0 cm³/mol. The third-order valence-corrected chi connectivity index (χ3v) is 1.62. The van der Waals surface area contributed by atoms with Crippen LogP contribution in [-0.2, 0) is 0 Å². The minimum atomic E-state index is -1.03. The first-order chi connectivity index (χ1) is 6.11. The van der Waals surface area contributed by atoms with Gasteiger partial charge in [-0.1, -0.05) is 11.6 Å². The molecular weight excluding hydrogens is 195 g/mol. The number of hydrogen-bond donors (Lipinski definition) is 1. The topological polar surface area (TPSA) is 86.5 Å². The second-order valence-electron chi connectivity index (χ2n) is 2.08. The van der Waals surface area contributed by atoms with Gasteiger partial charge in [0.1, 0.15) is 29.1 Å². The van der Waals surface area contributed by atoms with Crippen molar-refractivity contribution in [1.82, 2.24) is 4.98 Å². The lowest BCUT2D eigenvalue weighted by Gasteiger charge is -2.00. The number of nitrogen functional groups attached to an aromatic ring is 1. The summed E-state index contributed by atoms with van der Waals surface area (Å²) in [5, 5.41) is 16.6. The van der Waals surface area contributed by atoms with Gasteiger partial charge < -0.3 is 5.73 Å². The highest BCUT2D eigenvalue weighted by atomic mass is 35.5. The normalized spacial score (nSPS) is 8.92. The molecule has 0 saturated heterocycles. The lowest BCUT2D eigenvalue weighted by molar-refractivity contribution is 0.618. The standard InChI is InChI=1S/C7H2ClFN4/c8-6-3(1-10)5(9)4(2-11)7(12)13-6/h(H2,12,13). The van der Waals surface area contributed by atoms with Crippen molar-refractivity contribution in [3.05, 3.63) is 22.1 Å². The molecule has 0 amide bonds. The number of nitriles is 2. The van der Waals surface area contributed by atoms with Crippen LogP contribution in [0.4, 0.5) is 10.2 Å². The molecule has 0 unspecified atom stereocenters. The summed E-state index contributed by atoms with van der Waals surface area (Å²) in [4.78, 5) is 3.43. The number of aromatic nitrogens is 1. The van der Waals surface area contributed by atoms with E-state index in [1.165, 1.54) is 12.1 Å². The van der Waals surface area contributed by atoms with Gasteiger partial charge in [0, 0.05) is 0 Å². The average Bonchev–Trinajstić information content (AvgIpc) is 2.04. The summed E-state index contributed by atoms with van der Waals surface area (Å²) in [5.74, 6) is -1.34. The zero-order chi connectivity index (χ0) is 10.0. The molecule has 2 N–H and O–H groups in total. The fourth-order valence-corrected chi connectivity index (χ4v) is 0.963. The van der Waals surface area contributed by atoms with E-state index in [4.69, 9.17) is 27.9 Å². The van der Waals surface area contributed by atoms with Crippen molar-refractivity contribution in [3.8, 4) is 12.1 Å². The molecule has 1 aromatic heterocycles. The molecule has 0 aliphatic heterocycles. The van der Waals surface area contributed by atoms with E-state index >= 15 is 0 Å². The third kappa shape index (κ3) is 1.37. The van der Waals surface area contributed by atoms with Crippen LogP contribution in [0.25, 0.3) is 0 Å². The second-order valence-corrected chi connectivity index (χ2v) is 2.43. The van der Waals surface area contributed by atoms with Crippen molar-refractivity contribution >= 4 is 17.4 Å². The van der Waals surface area contributed by atoms with Gasteiger partial charge in [-0.15, -0.1) is 0 Å². The van der Waals surface area contributed by atoms with Gasteiger partial charge >= 0.3 is 0 Å². The van der Waals surface area contributed by atoms with E-state index < -0.39 is 16.9 Å². The molecule has 0 aromatic carbocycles. The van der Waals surface area contributed by atoms with Crippen LogP contribution >= 0.6 is 11.6 Å². The molecule has 64 valence electrons. The molecule has 4 nitrogen and oxygen atoms in total. The molecule has 0 aliphatic carbocycles. The molecule has 0 saturated carbocycles. The maximum absolute atomic E-state index is 13.1. The third-order valence-electron chi connectivity index (χ3n) is 1.34. The molecule has 0 aliphatic rings. The number of nitrogens with zero attached hydrogens (tertiary/aromatic N) is 3. The smallest absolute Gasteiger partial charge is 0.165 e. The molecule has 1 aromatic rings. The van der Waals surface area contributed by atoms with E-state index in [2.05, 4.69) is 4.98 Å². The summed E-state index contributed by atoms with van der Waals surface area (Å²) in [6.45, 7) is 0. The molecule has 0 bridgehead atoms. The fraction of sp³-hybridized carbons (Fsp3) is 0. The highest BCUT2D eigenvalue weighted by Crippen LogP contribution is 2.22. The van der Waals surface area contributed by atoms with Crippen LogP contribution in [0.15, 0.2) is 0 Å². The van der Waals surface area contributed by atoms with Gasteiger partial charge in [0.25, 0.3) is 0 Å². The highest BCUT2D eigenvalue weighted by molar-refractivity contribution is 6.30. The van der Waals surface area contributed by atoms with Crippen molar-refractivity contribution in [2.45, 2.75) is 0 Å². The summed E-state index contributed by atoms with van der Waals surface area (Å²) in [6, 6.07) is 2.98. The van der Waals surface area contributed by atoms with Crippen LogP contribution in [0.3, 0.4) is 0 Å². The molecule has 0 fully saturated rings. The zero-order valence-corrected chi connectivity index (χ0v) is 6.93. The number of nitrogens with two attached hydrogens (primary N) is 1. The van der Waals surface area contributed by atoms with E-state index in [0.717, 1.165) is 0 Å². The fourth-order valence-electron chi connectivity index (χ4n) is 0.747. The van der Waals surface area contributed by atoms with Gasteiger partial charge in [-0.25, -0.2) is 9.37 Å². The van der Waals surface area contributed by atoms with Crippen LogP contribution in [-0.4, -0.2) is 4.98 Å². The monoisotopic (exact) mass is 196 g/mol. The van der Waals surface area contributed by atoms with Crippen LogP contribution in [0.2, 0.25) is 5.15 Å². The molecule has 1 rings (SSSR count). The molecule has 0 spiro atoms. The van der Waals surface area contributed by atoms with E-state index in [-0.39, 0.29) is 11.0 Å². The minimum Gasteiger partial charge on any atom is -0.382 e. The average molecular weight is 197 g/mol. The van der Waals surface area contributed by atoms with E-state index in [1.54, 1.807) is 0 Å². The molecule has 0 atom stereocenters. The second kappa shape index (κ2) is 3.26. The lowest BCUT2D eigenvalue weighted by atomic mass is 10.2. The summed E-state index contributed by atoms with van der Waals surface area (Å²) in [6.07, 6.45) is 0. The number of pyridine rings is 1. The Morgan fingerprint density at radius 3 is 2.31 bits per heavy atom.